The average molecular weight is 249 g/mol. The standard InChI is InChI=1S/C12H15N3OS/c1-9(16)10-5-2-3-6-11(10)14-12(17)15-8-4-7-13-15/h2-3,5-6,13H,4,7-8H2,1H3,(H,14,17). The monoisotopic (exact) mass is 249 g/mol. The van der Waals surface area contributed by atoms with E-state index in [-0.39, 0.29) is 5.78 Å². The third-order valence-corrected chi connectivity index (χ3v) is 2.98. The molecule has 0 unspecified atom stereocenters. The summed E-state index contributed by atoms with van der Waals surface area (Å²) in [5.41, 5.74) is 4.59. The van der Waals surface area contributed by atoms with Gasteiger partial charge in [-0.15, -0.1) is 0 Å². The van der Waals surface area contributed by atoms with Crippen LogP contribution in [0.15, 0.2) is 24.3 Å². The molecule has 1 saturated heterocycles. The summed E-state index contributed by atoms with van der Waals surface area (Å²) in [5, 5.41) is 5.61. The summed E-state index contributed by atoms with van der Waals surface area (Å²) < 4.78 is 0. The first kappa shape index (κ1) is 12.0. The second-order valence-corrected chi connectivity index (χ2v) is 4.33. The highest BCUT2D eigenvalue weighted by Crippen LogP contribution is 2.16. The molecule has 0 radical (unpaired) electrons. The van der Waals surface area contributed by atoms with Crippen LogP contribution < -0.4 is 10.7 Å². The van der Waals surface area contributed by atoms with Crippen molar-refractivity contribution in [2.45, 2.75) is 13.3 Å². The Labute approximate surface area is 106 Å². The Balaban J connectivity index is 2.12. The van der Waals surface area contributed by atoms with Crippen LogP contribution in [0.4, 0.5) is 5.69 Å². The van der Waals surface area contributed by atoms with Crippen molar-refractivity contribution in [2.24, 2.45) is 0 Å². The van der Waals surface area contributed by atoms with Crippen LogP contribution >= 0.6 is 12.2 Å². The zero-order valence-electron chi connectivity index (χ0n) is 9.69. The number of ketones is 1. The van der Waals surface area contributed by atoms with Crippen LogP contribution in [0.3, 0.4) is 0 Å². The van der Waals surface area contributed by atoms with Crippen LogP contribution in [-0.2, 0) is 0 Å². The van der Waals surface area contributed by atoms with Crippen LogP contribution in [-0.4, -0.2) is 29.0 Å². The minimum Gasteiger partial charge on any atom is -0.331 e. The van der Waals surface area contributed by atoms with Gasteiger partial charge < -0.3 is 5.32 Å². The molecule has 1 aromatic rings. The van der Waals surface area contributed by atoms with Gasteiger partial charge in [0.2, 0.25) is 0 Å². The van der Waals surface area contributed by atoms with Crippen molar-refractivity contribution in [1.29, 1.82) is 0 Å². The van der Waals surface area contributed by atoms with Gasteiger partial charge in [0.15, 0.2) is 10.9 Å². The minimum atomic E-state index is 0.0327. The molecule has 1 fully saturated rings. The van der Waals surface area contributed by atoms with Gasteiger partial charge in [-0.05, 0) is 37.7 Å². The van der Waals surface area contributed by atoms with Gasteiger partial charge >= 0.3 is 0 Å². The normalized spacial score (nSPS) is 14.8. The molecule has 0 spiro atoms. The zero-order valence-corrected chi connectivity index (χ0v) is 10.5. The van der Waals surface area contributed by atoms with Crippen LogP contribution in [0.2, 0.25) is 0 Å². The lowest BCUT2D eigenvalue weighted by Crippen LogP contribution is -2.40. The molecule has 1 aliphatic rings. The molecule has 1 aliphatic heterocycles. The molecule has 2 N–H and O–H groups in total. The summed E-state index contributed by atoms with van der Waals surface area (Å²) >= 11 is 5.28. The molecule has 0 aromatic heterocycles. The highest BCUT2D eigenvalue weighted by atomic mass is 32.1. The van der Waals surface area contributed by atoms with E-state index in [1.54, 1.807) is 13.0 Å². The molecule has 4 nitrogen and oxygen atoms in total. The summed E-state index contributed by atoms with van der Waals surface area (Å²) in [7, 11) is 0. The van der Waals surface area contributed by atoms with Crippen LogP contribution in [0.5, 0.6) is 0 Å². The number of carbonyl (C=O) groups is 1. The Bertz CT molecular complexity index is 441. The molecular weight excluding hydrogens is 234 g/mol. The lowest BCUT2D eigenvalue weighted by molar-refractivity contribution is 0.101. The summed E-state index contributed by atoms with van der Waals surface area (Å²) in [6.07, 6.45) is 1.08. The highest BCUT2D eigenvalue weighted by Gasteiger charge is 2.15. The van der Waals surface area contributed by atoms with Gasteiger partial charge in [-0.3, -0.25) is 9.80 Å². The summed E-state index contributed by atoms with van der Waals surface area (Å²) in [4.78, 5) is 11.5. The van der Waals surface area contributed by atoms with Gasteiger partial charge in [0.25, 0.3) is 0 Å². The van der Waals surface area contributed by atoms with E-state index in [4.69, 9.17) is 12.2 Å². The maximum absolute atomic E-state index is 11.5. The van der Waals surface area contributed by atoms with E-state index in [0.29, 0.717) is 10.7 Å². The number of carbonyl (C=O) groups excluding carboxylic acids is 1. The lowest BCUT2D eigenvalue weighted by Gasteiger charge is -2.20. The van der Waals surface area contributed by atoms with Crippen molar-refractivity contribution in [1.82, 2.24) is 10.4 Å². The number of anilines is 1. The maximum atomic E-state index is 11.5. The van der Waals surface area contributed by atoms with E-state index < -0.39 is 0 Å². The molecular formula is C12H15N3OS. The predicted molar refractivity (Wildman–Crippen MR) is 72.0 cm³/mol. The van der Waals surface area contributed by atoms with E-state index in [9.17, 15) is 4.79 Å². The second kappa shape index (κ2) is 5.25. The molecule has 0 amide bonds. The highest BCUT2D eigenvalue weighted by molar-refractivity contribution is 7.80. The molecule has 17 heavy (non-hydrogen) atoms. The smallest absolute Gasteiger partial charge is 0.187 e. The number of Topliss-reactive ketones (excluding diaryl/α,β-unsaturated/α-hetero) is 1. The van der Waals surface area contributed by atoms with Gasteiger partial charge in [0.1, 0.15) is 0 Å². The van der Waals surface area contributed by atoms with Crippen molar-refractivity contribution in [3.63, 3.8) is 0 Å². The number of hydrogen-bond acceptors (Lipinski definition) is 3. The Morgan fingerprint density at radius 1 is 1.47 bits per heavy atom. The van der Waals surface area contributed by atoms with Crippen LogP contribution in [0, 0.1) is 0 Å². The van der Waals surface area contributed by atoms with Gasteiger partial charge in [0, 0.05) is 18.7 Å². The van der Waals surface area contributed by atoms with Crippen molar-refractivity contribution in [3.05, 3.63) is 29.8 Å². The number of hydrogen-bond donors (Lipinski definition) is 2. The quantitative estimate of drug-likeness (QED) is 0.618. The predicted octanol–water partition coefficient (Wildman–Crippen LogP) is 1.80. The van der Waals surface area contributed by atoms with Crippen molar-refractivity contribution < 1.29 is 4.79 Å². The van der Waals surface area contributed by atoms with Crippen molar-refractivity contribution >= 4 is 28.8 Å². The van der Waals surface area contributed by atoms with Gasteiger partial charge in [-0.25, -0.2) is 5.43 Å². The summed E-state index contributed by atoms with van der Waals surface area (Å²) in [6.45, 7) is 3.39. The number of hydrazine groups is 1. The lowest BCUT2D eigenvalue weighted by atomic mass is 10.1. The summed E-state index contributed by atoms with van der Waals surface area (Å²) in [5.74, 6) is 0.0327. The number of benzene rings is 1. The molecule has 90 valence electrons. The fourth-order valence-electron chi connectivity index (χ4n) is 1.79. The number of para-hydroxylation sites is 1. The molecule has 1 aromatic carbocycles. The summed E-state index contributed by atoms with van der Waals surface area (Å²) in [6, 6.07) is 7.39. The van der Waals surface area contributed by atoms with E-state index in [1.165, 1.54) is 0 Å². The first-order chi connectivity index (χ1) is 8.18. The largest absolute Gasteiger partial charge is 0.331 e. The van der Waals surface area contributed by atoms with E-state index >= 15 is 0 Å². The fraction of sp³-hybridized carbons (Fsp3) is 0.333. The van der Waals surface area contributed by atoms with Crippen LogP contribution in [0.25, 0.3) is 0 Å². The Morgan fingerprint density at radius 2 is 2.24 bits per heavy atom. The Kier molecular flexibility index (Phi) is 3.71. The number of thiocarbonyl (C=S) groups is 1. The van der Waals surface area contributed by atoms with E-state index in [0.717, 1.165) is 25.2 Å². The first-order valence-corrected chi connectivity index (χ1v) is 6.01. The zero-order chi connectivity index (χ0) is 12.3. The average Bonchev–Trinajstić information content (AvgIpc) is 2.83. The molecule has 0 aliphatic carbocycles. The van der Waals surface area contributed by atoms with Crippen molar-refractivity contribution in [3.8, 4) is 0 Å². The molecule has 2 rings (SSSR count). The molecule has 0 atom stereocenters. The minimum absolute atomic E-state index is 0.0327. The molecule has 1 heterocycles. The number of rotatable bonds is 2. The Hall–Kier alpha value is -1.46. The van der Waals surface area contributed by atoms with Crippen molar-refractivity contribution in [2.75, 3.05) is 18.4 Å². The number of nitrogens with one attached hydrogen (secondary N) is 2. The van der Waals surface area contributed by atoms with Gasteiger partial charge in [-0.2, -0.15) is 0 Å². The second-order valence-electron chi connectivity index (χ2n) is 3.95. The third kappa shape index (κ3) is 2.81. The molecule has 0 saturated carbocycles. The van der Waals surface area contributed by atoms with Gasteiger partial charge in [0.05, 0.1) is 5.69 Å². The molecule has 5 heteroatoms. The van der Waals surface area contributed by atoms with Gasteiger partial charge in [-0.1, -0.05) is 12.1 Å². The SMILES string of the molecule is CC(=O)c1ccccc1NC(=S)N1CCCN1. The maximum Gasteiger partial charge on any atom is 0.187 e. The number of nitrogens with zero attached hydrogens (tertiary/aromatic N) is 1. The third-order valence-electron chi connectivity index (χ3n) is 2.65. The Morgan fingerprint density at radius 3 is 2.88 bits per heavy atom. The topological polar surface area (TPSA) is 44.4 Å². The van der Waals surface area contributed by atoms with E-state index in [1.807, 2.05) is 23.2 Å². The fourth-order valence-corrected chi connectivity index (χ4v) is 2.05. The van der Waals surface area contributed by atoms with Crippen LogP contribution in [0.1, 0.15) is 23.7 Å². The van der Waals surface area contributed by atoms with E-state index in [2.05, 4.69) is 10.7 Å². The first-order valence-electron chi connectivity index (χ1n) is 5.60. The molecule has 0 bridgehead atoms.